The second kappa shape index (κ2) is 58.8. The minimum atomic E-state index is -1.78. The highest BCUT2D eigenvalue weighted by Crippen LogP contribution is 2.30. The van der Waals surface area contributed by atoms with E-state index in [1.807, 2.05) is 0 Å². The molecule has 2 fully saturated rings. The molecule has 2 saturated heterocycles. The largest absolute Gasteiger partial charge is 0.394 e. The molecule has 14 nitrogen and oxygen atoms in total. The molecule has 0 aromatic rings. The highest BCUT2D eigenvalue weighted by molar-refractivity contribution is 5.76. The molecule has 0 saturated carbocycles. The smallest absolute Gasteiger partial charge is 0.220 e. The molecule has 12 unspecified atom stereocenters. The van der Waals surface area contributed by atoms with Gasteiger partial charge in [0.1, 0.15) is 48.8 Å². The fourth-order valence-electron chi connectivity index (χ4n) is 13.1. The first-order valence-electron chi connectivity index (χ1n) is 37.8. The summed E-state index contributed by atoms with van der Waals surface area (Å²) in [5.74, 6) is -0.198. The average molecular weight is 1240 g/mol. The van der Waals surface area contributed by atoms with Gasteiger partial charge >= 0.3 is 0 Å². The summed E-state index contributed by atoms with van der Waals surface area (Å²) < 4.78 is 22.9. The van der Waals surface area contributed by atoms with Gasteiger partial charge in [0.2, 0.25) is 5.91 Å². The Kier molecular flexibility index (Phi) is 55.5. The second-order valence-corrected chi connectivity index (χ2v) is 27.1. The number of carbonyl (C=O) groups is 1. The molecule has 87 heavy (non-hydrogen) atoms. The maximum atomic E-state index is 13.3. The second-order valence-electron chi connectivity index (χ2n) is 27.1. The SMILES string of the molecule is CCCCCCCCCCCCCCCCCCCCCCCCCCCCCCCCCCCCCCCCCCC(=O)NC(COC1OC(CO)C(OC2OC(CO)C(O)C(O)C2O)C(O)C1O)C(O)CCCCCCCCCCCCCCC. The summed E-state index contributed by atoms with van der Waals surface area (Å²) in [7, 11) is 0. The number of nitrogens with one attached hydrogen (secondary N) is 1. The minimum absolute atomic E-state index is 0.198. The van der Waals surface area contributed by atoms with E-state index >= 15 is 0 Å². The first kappa shape index (κ1) is 82.1. The third-order valence-corrected chi connectivity index (χ3v) is 19.1. The molecule has 14 heteroatoms. The van der Waals surface area contributed by atoms with Crippen molar-refractivity contribution in [3.05, 3.63) is 0 Å². The highest BCUT2D eigenvalue weighted by atomic mass is 16.7. The van der Waals surface area contributed by atoms with E-state index in [-0.39, 0.29) is 12.5 Å². The van der Waals surface area contributed by atoms with E-state index in [4.69, 9.17) is 18.9 Å². The molecule has 0 bridgehead atoms. The molecule has 2 aliphatic rings. The van der Waals surface area contributed by atoms with Gasteiger partial charge < -0.3 is 65.1 Å². The van der Waals surface area contributed by atoms with E-state index in [2.05, 4.69) is 19.2 Å². The summed E-state index contributed by atoms with van der Waals surface area (Å²) in [4.78, 5) is 13.3. The molecule has 2 rings (SSSR count). The summed E-state index contributed by atoms with van der Waals surface area (Å²) in [5, 5.41) is 87.4. The van der Waals surface area contributed by atoms with Crippen LogP contribution in [0.1, 0.15) is 367 Å². The minimum Gasteiger partial charge on any atom is -0.394 e. The number of unbranched alkanes of at least 4 members (excludes halogenated alkanes) is 51. The van der Waals surface area contributed by atoms with Crippen LogP contribution < -0.4 is 5.32 Å². The monoisotopic (exact) mass is 1240 g/mol. The number of ether oxygens (including phenoxy) is 4. The van der Waals surface area contributed by atoms with Gasteiger partial charge in [0, 0.05) is 6.42 Å². The molecular weight excluding hydrogens is 1100 g/mol. The molecule has 9 N–H and O–H groups in total. The Morgan fingerprint density at radius 3 is 0.977 bits per heavy atom. The van der Waals surface area contributed by atoms with Gasteiger partial charge in [-0.15, -0.1) is 0 Å². The van der Waals surface area contributed by atoms with Crippen molar-refractivity contribution in [1.29, 1.82) is 0 Å². The molecule has 0 aromatic heterocycles. The van der Waals surface area contributed by atoms with E-state index in [1.54, 1.807) is 0 Å². The number of hydrogen-bond acceptors (Lipinski definition) is 13. The maximum absolute atomic E-state index is 13.3. The van der Waals surface area contributed by atoms with Gasteiger partial charge in [0.25, 0.3) is 0 Å². The summed E-state index contributed by atoms with van der Waals surface area (Å²) in [6, 6.07) is -0.823. The van der Waals surface area contributed by atoms with Crippen molar-refractivity contribution in [3.63, 3.8) is 0 Å². The van der Waals surface area contributed by atoms with Gasteiger partial charge in [-0.2, -0.15) is 0 Å². The maximum Gasteiger partial charge on any atom is 0.220 e. The van der Waals surface area contributed by atoms with Gasteiger partial charge in [-0.3, -0.25) is 4.79 Å². The predicted octanol–water partition coefficient (Wildman–Crippen LogP) is 16.0. The van der Waals surface area contributed by atoms with Crippen LogP contribution in [0.3, 0.4) is 0 Å². The Morgan fingerprint density at radius 2 is 0.655 bits per heavy atom. The number of aliphatic hydroxyl groups excluding tert-OH is 8. The van der Waals surface area contributed by atoms with Crippen LogP contribution in [0.5, 0.6) is 0 Å². The van der Waals surface area contributed by atoms with Gasteiger partial charge in [0.05, 0.1) is 32.0 Å². The molecule has 518 valence electrons. The number of rotatable bonds is 64. The lowest BCUT2D eigenvalue weighted by Gasteiger charge is -2.46. The van der Waals surface area contributed by atoms with Gasteiger partial charge in [-0.25, -0.2) is 0 Å². The van der Waals surface area contributed by atoms with Crippen molar-refractivity contribution < 1.29 is 64.6 Å². The summed E-state index contributed by atoms with van der Waals surface area (Å²) in [5.41, 5.74) is 0. The normalized spacial score (nSPS) is 23.1. The van der Waals surface area contributed by atoms with Gasteiger partial charge in [-0.05, 0) is 12.8 Å². The van der Waals surface area contributed by atoms with Crippen LogP contribution in [-0.4, -0.2) is 140 Å². The molecule has 2 aliphatic heterocycles. The summed E-state index contributed by atoms with van der Waals surface area (Å²) in [6.45, 7) is 2.91. The third kappa shape index (κ3) is 42.8. The lowest BCUT2D eigenvalue weighted by Crippen LogP contribution is -2.65. The van der Waals surface area contributed by atoms with Crippen molar-refractivity contribution in [1.82, 2.24) is 5.32 Å². The van der Waals surface area contributed by atoms with E-state index in [0.29, 0.717) is 12.8 Å². The standard InChI is InChI=1S/C73H143NO13/c1-3-5-7-9-11-13-15-17-18-19-20-21-22-23-24-25-26-27-28-29-30-31-32-33-34-35-36-37-38-39-40-41-42-43-45-47-49-51-53-55-57-65(78)74-61(62(77)56-54-52-50-48-46-44-16-14-12-10-8-6-4-2)60-84-72-70(83)68(81)71(64(59-76)86-72)87-73-69(82)67(80)66(79)63(58-75)85-73/h61-64,66-73,75-77,79-83H,3-60H2,1-2H3,(H,74,78). The van der Waals surface area contributed by atoms with Crippen LogP contribution in [0.4, 0.5) is 0 Å². The Morgan fingerprint density at radius 1 is 0.368 bits per heavy atom. The Hall–Kier alpha value is -1.01. The predicted molar refractivity (Wildman–Crippen MR) is 356 cm³/mol. The summed E-state index contributed by atoms with van der Waals surface area (Å²) >= 11 is 0. The van der Waals surface area contributed by atoms with Crippen LogP contribution in [-0.2, 0) is 23.7 Å². The fraction of sp³-hybridized carbons (Fsp3) is 0.986. The average Bonchev–Trinajstić information content (AvgIpc) is 1.08. The topological polar surface area (TPSA) is 228 Å². The third-order valence-electron chi connectivity index (χ3n) is 19.1. The van der Waals surface area contributed by atoms with Crippen LogP contribution in [0.15, 0.2) is 0 Å². The molecule has 2 heterocycles. The summed E-state index contributed by atoms with van der Waals surface area (Å²) in [6.07, 6.45) is 54.6. The number of hydrogen-bond donors (Lipinski definition) is 9. The van der Waals surface area contributed by atoms with Crippen molar-refractivity contribution >= 4 is 5.91 Å². The van der Waals surface area contributed by atoms with Crippen molar-refractivity contribution in [3.8, 4) is 0 Å². The van der Waals surface area contributed by atoms with Gasteiger partial charge in [-0.1, -0.05) is 348 Å². The van der Waals surface area contributed by atoms with Gasteiger partial charge in [0.15, 0.2) is 12.6 Å². The quantitative estimate of drug-likeness (QED) is 0.0259. The van der Waals surface area contributed by atoms with E-state index in [0.717, 1.165) is 51.4 Å². The fourth-order valence-corrected chi connectivity index (χ4v) is 13.1. The van der Waals surface area contributed by atoms with Crippen LogP contribution >= 0.6 is 0 Å². The molecule has 0 radical (unpaired) electrons. The van der Waals surface area contributed by atoms with E-state index in [1.165, 1.54) is 289 Å². The van der Waals surface area contributed by atoms with E-state index < -0.39 is 86.8 Å². The first-order chi connectivity index (χ1) is 42.6. The number of aliphatic hydroxyl groups is 8. The molecule has 1 amide bonds. The first-order valence-corrected chi connectivity index (χ1v) is 37.8. The van der Waals surface area contributed by atoms with Crippen LogP contribution in [0, 0.1) is 0 Å². The molecule has 0 aromatic carbocycles. The zero-order valence-electron chi connectivity index (χ0n) is 56.6. The Bertz CT molecular complexity index is 1460. The van der Waals surface area contributed by atoms with Crippen LogP contribution in [0.2, 0.25) is 0 Å². The molecule has 0 aliphatic carbocycles. The lowest BCUT2D eigenvalue weighted by atomic mass is 9.97. The molecule has 0 spiro atoms. The number of amides is 1. The Labute approximate surface area is 534 Å². The zero-order valence-corrected chi connectivity index (χ0v) is 56.6. The Balaban J connectivity index is 1.51. The van der Waals surface area contributed by atoms with Crippen molar-refractivity contribution in [2.24, 2.45) is 0 Å². The molecular formula is C73H143NO13. The molecule has 12 atom stereocenters. The number of carbonyl (C=O) groups excluding carboxylic acids is 1. The zero-order chi connectivity index (χ0) is 63.1. The van der Waals surface area contributed by atoms with Crippen molar-refractivity contribution in [2.45, 2.75) is 441 Å². The highest BCUT2D eigenvalue weighted by Gasteiger charge is 2.51. The van der Waals surface area contributed by atoms with Crippen molar-refractivity contribution in [2.75, 3.05) is 19.8 Å². The van der Waals surface area contributed by atoms with Crippen LogP contribution in [0.25, 0.3) is 0 Å². The lowest BCUT2D eigenvalue weighted by molar-refractivity contribution is -0.359. The van der Waals surface area contributed by atoms with E-state index in [9.17, 15) is 45.6 Å².